The maximum Gasteiger partial charge on any atom is 0.241 e. The average Bonchev–Trinajstić information content (AvgIpc) is 2.19. The molecule has 0 radical (unpaired) electrons. The SMILES string of the molecule is COCCOc1c(C)cc(Br)cc1S(N)(=O)=O. The van der Waals surface area contributed by atoms with Gasteiger partial charge in [-0.25, -0.2) is 13.6 Å². The van der Waals surface area contributed by atoms with Gasteiger partial charge in [-0.2, -0.15) is 0 Å². The van der Waals surface area contributed by atoms with Crippen LogP contribution in [-0.2, 0) is 14.8 Å². The molecule has 0 heterocycles. The maximum atomic E-state index is 11.4. The van der Waals surface area contributed by atoms with E-state index < -0.39 is 10.0 Å². The number of ether oxygens (including phenoxy) is 2. The highest BCUT2D eigenvalue weighted by Crippen LogP contribution is 2.30. The van der Waals surface area contributed by atoms with Gasteiger partial charge < -0.3 is 9.47 Å². The molecule has 5 nitrogen and oxygen atoms in total. The number of halogens is 1. The van der Waals surface area contributed by atoms with E-state index in [-0.39, 0.29) is 17.3 Å². The number of nitrogens with two attached hydrogens (primary N) is 1. The predicted molar refractivity (Wildman–Crippen MR) is 67.6 cm³/mol. The molecule has 0 fully saturated rings. The zero-order valence-electron chi connectivity index (χ0n) is 9.57. The van der Waals surface area contributed by atoms with Gasteiger partial charge in [0.2, 0.25) is 10.0 Å². The molecule has 0 aromatic heterocycles. The average molecular weight is 324 g/mol. The van der Waals surface area contributed by atoms with Crippen LogP contribution in [0, 0.1) is 6.92 Å². The van der Waals surface area contributed by atoms with Gasteiger partial charge in [0.05, 0.1) is 6.61 Å². The van der Waals surface area contributed by atoms with Gasteiger partial charge in [-0.05, 0) is 24.6 Å². The first-order valence-corrected chi connectivity index (χ1v) is 7.15. The molecule has 0 saturated heterocycles. The Kier molecular flexibility index (Phi) is 4.93. The van der Waals surface area contributed by atoms with Crippen LogP contribution < -0.4 is 9.88 Å². The molecule has 17 heavy (non-hydrogen) atoms. The zero-order chi connectivity index (χ0) is 13.1. The van der Waals surface area contributed by atoms with E-state index in [9.17, 15) is 8.42 Å². The summed E-state index contributed by atoms with van der Waals surface area (Å²) in [5, 5.41) is 5.14. The highest BCUT2D eigenvalue weighted by Gasteiger charge is 2.18. The number of methoxy groups -OCH3 is 1. The van der Waals surface area contributed by atoms with E-state index in [0.717, 1.165) is 0 Å². The smallest absolute Gasteiger partial charge is 0.241 e. The second-order valence-electron chi connectivity index (χ2n) is 3.44. The molecule has 0 unspecified atom stereocenters. The van der Waals surface area contributed by atoms with Crippen molar-refractivity contribution in [2.45, 2.75) is 11.8 Å². The summed E-state index contributed by atoms with van der Waals surface area (Å²) in [4.78, 5) is -0.0273. The third kappa shape index (κ3) is 3.95. The van der Waals surface area contributed by atoms with Crippen LogP contribution >= 0.6 is 15.9 Å². The maximum absolute atomic E-state index is 11.4. The fourth-order valence-corrected chi connectivity index (χ4v) is 2.82. The molecular weight excluding hydrogens is 310 g/mol. The van der Waals surface area contributed by atoms with Crippen LogP contribution in [0.1, 0.15) is 5.56 Å². The molecule has 0 spiro atoms. The molecule has 1 rings (SSSR count). The lowest BCUT2D eigenvalue weighted by molar-refractivity contribution is 0.144. The Bertz CT molecular complexity index is 501. The van der Waals surface area contributed by atoms with Crippen molar-refractivity contribution >= 4 is 26.0 Å². The number of primary sulfonamides is 1. The molecule has 1 aromatic carbocycles. The van der Waals surface area contributed by atoms with Gasteiger partial charge in [-0.3, -0.25) is 0 Å². The van der Waals surface area contributed by atoms with E-state index in [2.05, 4.69) is 15.9 Å². The minimum Gasteiger partial charge on any atom is -0.489 e. The molecule has 7 heteroatoms. The molecule has 0 aliphatic carbocycles. The van der Waals surface area contributed by atoms with Crippen molar-refractivity contribution in [2.24, 2.45) is 5.14 Å². The predicted octanol–water partition coefficient (Wildman–Crippen LogP) is 1.43. The number of benzene rings is 1. The largest absolute Gasteiger partial charge is 0.489 e. The lowest BCUT2D eigenvalue weighted by atomic mass is 10.2. The molecular formula is C10H14BrNO4S. The van der Waals surface area contributed by atoms with Gasteiger partial charge in [-0.1, -0.05) is 15.9 Å². The Morgan fingerprint density at radius 2 is 2.00 bits per heavy atom. The third-order valence-corrected chi connectivity index (χ3v) is 3.42. The molecule has 0 amide bonds. The number of sulfonamides is 1. The first-order chi connectivity index (χ1) is 7.86. The number of aryl methyl sites for hydroxylation is 1. The highest BCUT2D eigenvalue weighted by molar-refractivity contribution is 9.10. The van der Waals surface area contributed by atoms with E-state index >= 15 is 0 Å². The lowest BCUT2D eigenvalue weighted by Crippen LogP contribution is -2.16. The van der Waals surface area contributed by atoms with Gasteiger partial charge in [0.25, 0.3) is 0 Å². The summed E-state index contributed by atoms with van der Waals surface area (Å²) in [6, 6.07) is 3.18. The van der Waals surface area contributed by atoms with Crippen LogP contribution in [0.15, 0.2) is 21.5 Å². The summed E-state index contributed by atoms with van der Waals surface area (Å²) >= 11 is 3.22. The fourth-order valence-electron chi connectivity index (χ4n) is 1.32. The second-order valence-corrected chi connectivity index (χ2v) is 5.88. The van der Waals surface area contributed by atoms with Crippen molar-refractivity contribution in [2.75, 3.05) is 20.3 Å². The Labute approximate surface area is 109 Å². The first kappa shape index (κ1) is 14.4. The van der Waals surface area contributed by atoms with Crippen molar-refractivity contribution in [1.29, 1.82) is 0 Å². The number of hydrogen-bond donors (Lipinski definition) is 1. The molecule has 0 saturated carbocycles. The molecule has 1 aromatic rings. The zero-order valence-corrected chi connectivity index (χ0v) is 12.0. The minimum atomic E-state index is -3.81. The number of hydrogen-bond acceptors (Lipinski definition) is 4. The van der Waals surface area contributed by atoms with Crippen LogP contribution in [0.4, 0.5) is 0 Å². The Balaban J connectivity index is 3.17. The van der Waals surface area contributed by atoms with E-state index in [1.165, 1.54) is 6.07 Å². The van der Waals surface area contributed by atoms with Crippen molar-refractivity contribution in [3.8, 4) is 5.75 Å². The topological polar surface area (TPSA) is 78.6 Å². The summed E-state index contributed by atoms with van der Waals surface area (Å²) in [7, 11) is -2.27. The van der Waals surface area contributed by atoms with Crippen LogP contribution in [-0.4, -0.2) is 28.7 Å². The molecule has 2 N–H and O–H groups in total. The van der Waals surface area contributed by atoms with E-state index in [1.54, 1.807) is 20.1 Å². The second kappa shape index (κ2) is 5.81. The summed E-state index contributed by atoms with van der Waals surface area (Å²) in [6.45, 7) is 2.39. The minimum absolute atomic E-state index is 0.0273. The van der Waals surface area contributed by atoms with Gasteiger partial charge >= 0.3 is 0 Å². The van der Waals surface area contributed by atoms with Gasteiger partial charge in [-0.15, -0.1) is 0 Å². The van der Waals surface area contributed by atoms with Gasteiger partial charge in [0.15, 0.2) is 0 Å². The molecule has 0 atom stereocenters. The number of rotatable bonds is 5. The Hall–Kier alpha value is -0.630. The molecule has 0 aliphatic rings. The van der Waals surface area contributed by atoms with E-state index in [1.807, 2.05) is 0 Å². The summed E-state index contributed by atoms with van der Waals surface area (Å²) < 4.78 is 33.7. The Morgan fingerprint density at radius 3 is 2.53 bits per heavy atom. The molecule has 96 valence electrons. The third-order valence-electron chi connectivity index (χ3n) is 2.05. The van der Waals surface area contributed by atoms with Crippen LogP contribution in [0.2, 0.25) is 0 Å². The standard InChI is InChI=1S/C10H14BrNO4S/c1-7-5-8(11)6-9(17(12,13)14)10(7)16-4-3-15-2/h5-6H,3-4H2,1-2H3,(H2,12,13,14). The van der Waals surface area contributed by atoms with Crippen LogP contribution in [0.25, 0.3) is 0 Å². The van der Waals surface area contributed by atoms with E-state index in [4.69, 9.17) is 14.6 Å². The summed E-state index contributed by atoms with van der Waals surface area (Å²) in [6.07, 6.45) is 0. The van der Waals surface area contributed by atoms with Crippen molar-refractivity contribution < 1.29 is 17.9 Å². The van der Waals surface area contributed by atoms with Gasteiger partial charge in [0.1, 0.15) is 17.3 Å². The molecule has 0 bridgehead atoms. The Morgan fingerprint density at radius 1 is 1.35 bits per heavy atom. The van der Waals surface area contributed by atoms with E-state index in [0.29, 0.717) is 16.6 Å². The lowest BCUT2D eigenvalue weighted by Gasteiger charge is -2.13. The highest BCUT2D eigenvalue weighted by atomic mass is 79.9. The van der Waals surface area contributed by atoms with Crippen molar-refractivity contribution in [3.05, 3.63) is 22.2 Å². The fraction of sp³-hybridized carbons (Fsp3) is 0.400. The first-order valence-electron chi connectivity index (χ1n) is 4.81. The normalized spacial score (nSPS) is 11.5. The summed E-state index contributed by atoms with van der Waals surface area (Å²) in [5.41, 5.74) is 0.694. The summed E-state index contributed by atoms with van der Waals surface area (Å²) in [5.74, 6) is 0.271. The van der Waals surface area contributed by atoms with Gasteiger partial charge in [0, 0.05) is 11.6 Å². The monoisotopic (exact) mass is 323 g/mol. The quantitative estimate of drug-likeness (QED) is 0.831. The molecule has 0 aliphatic heterocycles. The van der Waals surface area contributed by atoms with Crippen LogP contribution in [0.3, 0.4) is 0 Å². The van der Waals surface area contributed by atoms with Crippen LogP contribution in [0.5, 0.6) is 5.75 Å². The van der Waals surface area contributed by atoms with Crippen molar-refractivity contribution in [3.63, 3.8) is 0 Å². The van der Waals surface area contributed by atoms with Crippen molar-refractivity contribution in [1.82, 2.24) is 0 Å².